The number of amides is 1. The molecule has 2 aliphatic heterocycles. The van der Waals surface area contributed by atoms with Gasteiger partial charge in [-0.15, -0.1) is 0 Å². The Kier molecular flexibility index (Phi) is 4.26. The molecule has 2 N–H and O–H groups in total. The van der Waals surface area contributed by atoms with E-state index in [1.807, 2.05) is 30.5 Å². The molecule has 2 bridgehead atoms. The summed E-state index contributed by atoms with van der Waals surface area (Å²) in [5.41, 5.74) is 3.17. The highest BCUT2D eigenvalue weighted by Gasteiger charge is 2.33. The number of carbonyl (C=O) groups is 1. The van der Waals surface area contributed by atoms with Gasteiger partial charge >= 0.3 is 0 Å². The number of benzene rings is 1. The molecule has 1 aromatic carbocycles. The molecule has 3 heterocycles. The zero-order chi connectivity index (χ0) is 16.5. The second-order valence-corrected chi connectivity index (χ2v) is 6.85. The highest BCUT2D eigenvalue weighted by Crippen LogP contribution is 2.25. The number of carbonyl (C=O) groups excluding carboxylic acids is 1. The van der Waals surface area contributed by atoms with Crippen LogP contribution in [-0.2, 0) is 16.1 Å². The summed E-state index contributed by atoms with van der Waals surface area (Å²) in [5.74, 6) is -0.00602. The standard InChI is InChI=1S/C17H19ClN4O2/c18-14-3-1-11(2-4-14)16-12(5-19-21-16)6-22-7-13-9-24-10-15(8-22)20-17(13)23/h1-5,13,15H,6-10H2,(H,19,21)(H,20,23)/t13-,15+/m1/s1. The van der Waals surface area contributed by atoms with E-state index in [0.717, 1.165) is 29.9 Å². The number of H-pyrrole nitrogens is 1. The van der Waals surface area contributed by atoms with E-state index in [1.54, 1.807) is 0 Å². The first-order valence-electron chi connectivity index (χ1n) is 8.07. The lowest BCUT2D eigenvalue weighted by Crippen LogP contribution is -2.41. The number of nitrogens with zero attached hydrogens (tertiary/aromatic N) is 2. The van der Waals surface area contributed by atoms with E-state index in [9.17, 15) is 4.79 Å². The second-order valence-electron chi connectivity index (χ2n) is 6.41. The summed E-state index contributed by atoms with van der Waals surface area (Å²) >= 11 is 5.97. The van der Waals surface area contributed by atoms with Gasteiger partial charge in [-0.3, -0.25) is 14.8 Å². The molecule has 4 rings (SSSR count). The average Bonchev–Trinajstić information content (AvgIpc) is 2.86. The molecule has 24 heavy (non-hydrogen) atoms. The van der Waals surface area contributed by atoms with Crippen LogP contribution in [0.5, 0.6) is 0 Å². The molecular weight excluding hydrogens is 328 g/mol. The van der Waals surface area contributed by atoms with Gasteiger partial charge in [0.05, 0.1) is 37.1 Å². The highest BCUT2D eigenvalue weighted by atomic mass is 35.5. The topological polar surface area (TPSA) is 70.2 Å². The molecular formula is C17H19ClN4O2. The molecule has 2 saturated heterocycles. The lowest BCUT2D eigenvalue weighted by atomic mass is 10.1. The third-order valence-electron chi connectivity index (χ3n) is 4.56. The highest BCUT2D eigenvalue weighted by molar-refractivity contribution is 6.30. The molecule has 2 fully saturated rings. The zero-order valence-electron chi connectivity index (χ0n) is 13.2. The summed E-state index contributed by atoms with van der Waals surface area (Å²) in [7, 11) is 0. The van der Waals surface area contributed by atoms with E-state index in [-0.39, 0.29) is 17.9 Å². The van der Waals surface area contributed by atoms with Gasteiger partial charge in [0.1, 0.15) is 0 Å². The van der Waals surface area contributed by atoms with Gasteiger partial charge in [0.2, 0.25) is 5.91 Å². The first-order chi connectivity index (χ1) is 11.7. The minimum absolute atomic E-state index is 0.0517. The zero-order valence-corrected chi connectivity index (χ0v) is 13.9. The molecule has 2 aliphatic rings. The van der Waals surface area contributed by atoms with Gasteiger partial charge in [-0.05, 0) is 17.7 Å². The second kappa shape index (κ2) is 6.55. The van der Waals surface area contributed by atoms with E-state index >= 15 is 0 Å². The van der Waals surface area contributed by atoms with Crippen molar-refractivity contribution in [2.24, 2.45) is 5.92 Å². The lowest BCUT2D eigenvalue weighted by Gasteiger charge is -2.27. The normalized spacial score (nSPS) is 24.5. The Morgan fingerprint density at radius 1 is 1.25 bits per heavy atom. The fourth-order valence-corrected chi connectivity index (χ4v) is 3.51. The SMILES string of the molecule is O=C1N[C@@H]2COC[C@H]1CN(Cc1cn[nH]c1-c1ccc(Cl)cc1)C2. The lowest BCUT2D eigenvalue weighted by molar-refractivity contribution is -0.125. The van der Waals surface area contributed by atoms with Crippen LogP contribution in [0.3, 0.4) is 0 Å². The van der Waals surface area contributed by atoms with E-state index in [2.05, 4.69) is 20.4 Å². The predicted octanol–water partition coefficient (Wildman–Crippen LogP) is 1.68. The Morgan fingerprint density at radius 2 is 2.08 bits per heavy atom. The van der Waals surface area contributed by atoms with Gasteiger partial charge in [-0.2, -0.15) is 5.10 Å². The van der Waals surface area contributed by atoms with Gasteiger partial charge in [0.15, 0.2) is 0 Å². The molecule has 126 valence electrons. The number of halogens is 1. The largest absolute Gasteiger partial charge is 0.378 e. The van der Waals surface area contributed by atoms with Crippen LogP contribution in [0.15, 0.2) is 30.5 Å². The molecule has 6 nitrogen and oxygen atoms in total. The summed E-state index contributed by atoms with van der Waals surface area (Å²) in [6.45, 7) is 3.31. The quantitative estimate of drug-likeness (QED) is 0.887. The van der Waals surface area contributed by atoms with E-state index in [1.165, 1.54) is 0 Å². The van der Waals surface area contributed by atoms with Crippen molar-refractivity contribution in [3.8, 4) is 11.3 Å². The van der Waals surface area contributed by atoms with Crippen molar-refractivity contribution in [2.45, 2.75) is 12.6 Å². The maximum absolute atomic E-state index is 12.1. The summed E-state index contributed by atoms with van der Waals surface area (Å²) in [6, 6.07) is 7.76. The van der Waals surface area contributed by atoms with Crippen LogP contribution in [0.4, 0.5) is 0 Å². The summed E-state index contributed by atoms with van der Waals surface area (Å²) in [5, 5.41) is 11.1. The van der Waals surface area contributed by atoms with Gasteiger partial charge < -0.3 is 10.1 Å². The maximum atomic E-state index is 12.1. The van der Waals surface area contributed by atoms with Crippen molar-refractivity contribution in [1.82, 2.24) is 20.4 Å². The maximum Gasteiger partial charge on any atom is 0.227 e. The van der Waals surface area contributed by atoms with E-state index in [4.69, 9.17) is 16.3 Å². The molecule has 0 spiro atoms. The van der Waals surface area contributed by atoms with E-state index < -0.39 is 0 Å². The number of aromatic amines is 1. The molecule has 1 aromatic heterocycles. The number of nitrogens with one attached hydrogen (secondary N) is 2. The van der Waals surface area contributed by atoms with E-state index in [0.29, 0.717) is 24.8 Å². The van der Waals surface area contributed by atoms with Crippen LogP contribution in [0, 0.1) is 5.92 Å². The molecule has 0 unspecified atom stereocenters. The van der Waals surface area contributed by atoms with Crippen LogP contribution < -0.4 is 5.32 Å². The molecule has 2 aromatic rings. The number of rotatable bonds is 3. The molecule has 0 aliphatic carbocycles. The van der Waals surface area contributed by atoms with Crippen LogP contribution in [-0.4, -0.2) is 53.3 Å². The van der Waals surface area contributed by atoms with Crippen LogP contribution >= 0.6 is 11.6 Å². The monoisotopic (exact) mass is 346 g/mol. The fourth-order valence-electron chi connectivity index (χ4n) is 3.39. The predicted molar refractivity (Wildman–Crippen MR) is 90.6 cm³/mol. The van der Waals surface area contributed by atoms with Gasteiger partial charge in [-0.25, -0.2) is 0 Å². The van der Waals surface area contributed by atoms with Crippen LogP contribution in [0.25, 0.3) is 11.3 Å². The number of hydrogen-bond acceptors (Lipinski definition) is 4. The Balaban J connectivity index is 1.55. The average molecular weight is 347 g/mol. The molecule has 0 saturated carbocycles. The first-order valence-corrected chi connectivity index (χ1v) is 8.45. The molecule has 7 heteroatoms. The van der Waals surface area contributed by atoms with Gasteiger partial charge in [-0.1, -0.05) is 23.7 Å². The Labute approximate surface area is 145 Å². The first kappa shape index (κ1) is 15.6. The molecule has 2 atom stereocenters. The summed E-state index contributed by atoms with van der Waals surface area (Å²) < 4.78 is 5.58. The van der Waals surface area contributed by atoms with Crippen molar-refractivity contribution in [3.63, 3.8) is 0 Å². The summed E-state index contributed by atoms with van der Waals surface area (Å²) in [6.07, 6.45) is 1.86. The van der Waals surface area contributed by atoms with Gasteiger partial charge in [0.25, 0.3) is 0 Å². The number of hydrogen-bond donors (Lipinski definition) is 2. The number of aromatic nitrogens is 2. The van der Waals surface area contributed by atoms with Crippen LogP contribution in [0.1, 0.15) is 5.56 Å². The van der Waals surface area contributed by atoms with Gasteiger partial charge in [0, 0.05) is 30.2 Å². The fraction of sp³-hybridized carbons (Fsp3) is 0.412. The third-order valence-corrected chi connectivity index (χ3v) is 4.81. The van der Waals surface area contributed by atoms with Crippen molar-refractivity contribution < 1.29 is 9.53 Å². The van der Waals surface area contributed by atoms with Crippen molar-refractivity contribution >= 4 is 17.5 Å². The Bertz CT molecular complexity index is 730. The smallest absolute Gasteiger partial charge is 0.227 e. The van der Waals surface area contributed by atoms with Crippen LogP contribution in [0.2, 0.25) is 5.02 Å². The number of fused-ring (bicyclic) bond motifs is 3. The van der Waals surface area contributed by atoms with Crippen molar-refractivity contribution in [1.29, 1.82) is 0 Å². The molecule has 1 amide bonds. The number of ether oxygens (including phenoxy) is 1. The third kappa shape index (κ3) is 3.17. The van der Waals surface area contributed by atoms with Crippen molar-refractivity contribution in [3.05, 3.63) is 41.0 Å². The Hall–Kier alpha value is -1.89. The summed E-state index contributed by atoms with van der Waals surface area (Å²) in [4.78, 5) is 14.4. The molecule has 0 radical (unpaired) electrons. The minimum Gasteiger partial charge on any atom is -0.378 e. The Morgan fingerprint density at radius 3 is 2.92 bits per heavy atom. The van der Waals surface area contributed by atoms with Crippen molar-refractivity contribution in [2.75, 3.05) is 26.3 Å². The minimum atomic E-state index is -0.108.